The van der Waals surface area contributed by atoms with Crippen LogP contribution in [0.3, 0.4) is 0 Å². The van der Waals surface area contributed by atoms with E-state index in [2.05, 4.69) is 42.6 Å². The normalized spacial score (nSPS) is 15.8. The van der Waals surface area contributed by atoms with E-state index < -0.39 is 0 Å². The Morgan fingerprint density at radius 1 is 1.31 bits per heavy atom. The van der Waals surface area contributed by atoms with Gasteiger partial charge in [-0.3, -0.25) is 0 Å². The number of nitrogens with one attached hydrogen (secondary N) is 1. The fraction of sp³-hybridized carbons (Fsp3) is 0.556. The van der Waals surface area contributed by atoms with E-state index in [1.807, 2.05) is 6.92 Å². The molecule has 4 heterocycles. The number of rotatable bonds is 6. The lowest BCUT2D eigenvalue weighted by atomic mass is 10.0. The second kappa shape index (κ2) is 7.67. The third-order valence-corrected chi connectivity index (χ3v) is 5.98. The number of aryl methyl sites for hydroxylation is 2. The second-order valence-corrected chi connectivity index (χ2v) is 7.60. The van der Waals surface area contributed by atoms with Crippen LogP contribution in [0.25, 0.3) is 10.2 Å². The zero-order chi connectivity index (χ0) is 17.9. The first-order valence-electron chi connectivity index (χ1n) is 9.23. The van der Waals surface area contributed by atoms with Gasteiger partial charge < -0.3 is 14.7 Å². The van der Waals surface area contributed by atoms with E-state index in [0.29, 0.717) is 11.9 Å². The van der Waals surface area contributed by atoms with Gasteiger partial charge in [-0.15, -0.1) is 11.3 Å². The number of anilines is 1. The van der Waals surface area contributed by atoms with Crippen LogP contribution in [0.5, 0.6) is 0 Å². The summed E-state index contributed by atoms with van der Waals surface area (Å²) >= 11 is 1.75. The molecule has 0 radical (unpaired) electrons. The van der Waals surface area contributed by atoms with Crippen molar-refractivity contribution in [3.63, 3.8) is 0 Å². The van der Waals surface area contributed by atoms with Gasteiger partial charge in [0, 0.05) is 38.5 Å². The quantitative estimate of drug-likeness (QED) is 0.712. The molecule has 0 aliphatic carbocycles. The maximum Gasteiger partial charge on any atom is 0.226 e. The van der Waals surface area contributed by atoms with E-state index in [4.69, 9.17) is 4.52 Å². The molecule has 8 heteroatoms. The Morgan fingerprint density at radius 3 is 2.92 bits per heavy atom. The van der Waals surface area contributed by atoms with Gasteiger partial charge in [0.25, 0.3) is 0 Å². The van der Waals surface area contributed by atoms with Gasteiger partial charge in [0.05, 0.1) is 10.2 Å². The molecule has 4 rings (SSSR count). The molecule has 1 aliphatic rings. The average Bonchev–Trinajstić information content (AvgIpc) is 3.29. The van der Waals surface area contributed by atoms with Crippen LogP contribution in [0.1, 0.15) is 37.0 Å². The number of hydrogen-bond donors (Lipinski definition) is 1. The summed E-state index contributed by atoms with van der Waals surface area (Å²) in [6.45, 7) is 7.05. The van der Waals surface area contributed by atoms with E-state index in [-0.39, 0.29) is 0 Å². The topological polar surface area (TPSA) is 80.0 Å². The monoisotopic (exact) mass is 372 g/mol. The molecule has 0 aromatic carbocycles. The predicted octanol–water partition coefficient (Wildman–Crippen LogP) is 2.75. The van der Waals surface area contributed by atoms with Crippen LogP contribution in [0, 0.1) is 6.92 Å². The third kappa shape index (κ3) is 3.57. The fourth-order valence-corrected chi connectivity index (χ4v) is 4.42. The molecule has 1 saturated heterocycles. The zero-order valence-electron chi connectivity index (χ0n) is 15.2. The van der Waals surface area contributed by atoms with E-state index in [1.165, 1.54) is 10.3 Å². The Bertz CT molecular complexity index is 868. The lowest BCUT2D eigenvalue weighted by Crippen LogP contribution is -2.43. The molecule has 26 heavy (non-hydrogen) atoms. The first-order chi connectivity index (χ1) is 12.7. The van der Waals surface area contributed by atoms with Gasteiger partial charge in [-0.05, 0) is 30.7 Å². The average molecular weight is 372 g/mol. The standard InChI is InChI=1S/C18H24N6OS/c1-3-15-22-14(23-25-15)4-7-19-13-5-8-24(9-6-13)18-17-16(20-11-21-18)12(2)10-26-17/h10-11,13,19H,3-9H2,1-2H3. The third-order valence-electron chi connectivity index (χ3n) is 4.90. The highest BCUT2D eigenvalue weighted by atomic mass is 32.1. The van der Waals surface area contributed by atoms with Crippen molar-refractivity contribution in [3.8, 4) is 0 Å². The second-order valence-electron chi connectivity index (χ2n) is 6.72. The minimum atomic E-state index is 0.534. The molecule has 0 saturated carbocycles. The summed E-state index contributed by atoms with van der Waals surface area (Å²) in [5, 5.41) is 9.80. The van der Waals surface area contributed by atoms with Crippen LogP contribution in [0.4, 0.5) is 5.82 Å². The highest BCUT2D eigenvalue weighted by molar-refractivity contribution is 7.18. The lowest BCUT2D eigenvalue weighted by molar-refractivity contribution is 0.374. The molecule has 7 nitrogen and oxygen atoms in total. The van der Waals surface area contributed by atoms with E-state index in [1.54, 1.807) is 17.7 Å². The van der Waals surface area contributed by atoms with Crippen LogP contribution in [0.15, 0.2) is 16.2 Å². The predicted molar refractivity (Wildman–Crippen MR) is 103 cm³/mol. The summed E-state index contributed by atoms with van der Waals surface area (Å²) in [5.41, 5.74) is 2.32. The molecule has 1 aliphatic heterocycles. The number of aromatic nitrogens is 4. The minimum Gasteiger partial charge on any atom is -0.355 e. The molecule has 0 bridgehead atoms. The summed E-state index contributed by atoms with van der Waals surface area (Å²) in [7, 11) is 0. The number of nitrogens with zero attached hydrogens (tertiary/aromatic N) is 5. The van der Waals surface area contributed by atoms with Crippen molar-refractivity contribution in [2.24, 2.45) is 0 Å². The number of fused-ring (bicyclic) bond motifs is 1. The van der Waals surface area contributed by atoms with E-state index >= 15 is 0 Å². The van der Waals surface area contributed by atoms with E-state index in [9.17, 15) is 0 Å². The van der Waals surface area contributed by atoms with Gasteiger partial charge >= 0.3 is 0 Å². The van der Waals surface area contributed by atoms with Crippen LogP contribution in [-0.4, -0.2) is 45.8 Å². The van der Waals surface area contributed by atoms with Gasteiger partial charge in [0.1, 0.15) is 12.1 Å². The Morgan fingerprint density at radius 2 is 2.15 bits per heavy atom. The SMILES string of the molecule is CCc1nc(CCNC2CCN(c3ncnc4c(C)csc34)CC2)no1. The first kappa shape index (κ1) is 17.4. The van der Waals surface area contributed by atoms with Crippen molar-refractivity contribution in [1.29, 1.82) is 0 Å². The smallest absolute Gasteiger partial charge is 0.226 e. The minimum absolute atomic E-state index is 0.534. The van der Waals surface area contributed by atoms with Crippen LogP contribution in [-0.2, 0) is 12.8 Å². The van der Waals surface area contributed by atoms with Crippen molar-refractivity contribution < 1.29 is 4.52 Å². The molecule has 138 valence electrons. The van der Waals surface area contributed by atoms with Crippen molar-refractivity contribution >= 4 is 27.4 Å². The number of hydrogen-bond acceptors (Lipinski definition) is 8. The van der Waals surface area contributed by atoms with Gasteiger partial charge in [-0.1, -0.05) is 12.1 Å². The highest BCUT2D eigenvalue weighted by Crippen LogP contribution is 2.32. The Balaban J connectivity index is 1.29. The van der Waals surface area contributed by atoms with Crippen molar-refractivity contribution in [1.82, 2.24) is 25.4 Å². The van der Waals surface area contributed by atoms with Gasteiger partial charge in [0.2, 0.25) is 5.89 Å². The van der Waals surface area contributed by atoms with Crippen LogP contribution in [0.2, 0.25) is 0 Å². The van der Waals surface area contributed by atoms with Gasteiger partial charge in [0.15, 0.2) is 5.82 Å². The summed E-state index contributed by atoms with van der Waals surface area (Å²) < 4.78 is 6.36. The molecule has 0 unspecified atom stereocenters. The summed E-state index contributed by atoms with van der Waals surface area (Å²) in [6.07, 6.45) is 5.52. The Labute approximate surface area is 156 Å². The van der Waals surface area contributed by atoms with E-state index in [0.717, 1.165) is 62.5 Å². The van der Waals surface area contributed by atoms with Crippen LogP contribution >= 0.6 is 11.3 Å². The molecular formula is C18H24N6OS. The molecule has 0 amide bonds. The Kier molecular flexibility index (Phi) is 5.12. The molecule has 3 aromatic rings. The lowest BCUT2D eigenvalue weighted by Gasteiger charge is -2.33. The summed E-state index contributed by atoms with van der Waals surface area (Å²) in [5.74, 6) is 2.60. The first-order valence-corrected chi connectivity index (χ1v) is 10.1. The summed E-state index contributed by atoms with van der Waals surface area (Å²) in [4.78, 5) is 15.7. The highest BCUT2D eigenvalue weighted by Gasteiger charge is 2.22. The molecule has 1 fully saturated rings. The molecular weight excluding hydrogens is 348 g/mol. The van der Waals surface area contributed by atoms with Crippen molar-refractivity contribution in [2.45, 2.75) is 45.6 Å². The molecule has 0 spiro atoms. The maximum atomic E-state index is 5.15. The number of piperidine rings is 1. The van der Waals surface area contributed by atoms with Gasteiger partial charge in [-0.2, -0.15) is 4.98 Å². The zero-order valence-corrected chi connectivity index (χ0v) is 16.1. The van der Waals surface area contributed by atoms with Crippen molar-refractivity contribution in [3.05, 3.63) is 29.0 Å². The summed E-state index contributed by atoms with van der Waals surface area (Å²) in [6, 6.07) is 0.534. The molecule has 3 aromatic heterocycles. The number of thiophene rings is 1. The van der Waals surface area contributed by atoms with Crippen molar-refractivity contribution in [2.75, 3.05) is 24.5 Å². The fourth-order valence-electron chi connectivity index (χ4n) is 3.40. The van der Waals surface area contributed by atoms with Crippen LogP contribution < -0.4 is 10.2 Å². The Hall–Kier alpha value is -2.06. The molecule has 1 N–H and O–H groups in total. The largest absolute Gasteiger partial charge is 0.355 e. The maximum absolute atomic E-state index is 5.15. The van der Waals surface area contributed by atoms with Gasteiger partial charge in [-0.25, -0.2) is 9.97 Å². The molecule has 0 atom stereocenters.